The summed E-state index contributed by atoms with van der Waals surface area (Å²) >= 11 is 3.48. The molecular weight excluding hydrogens is 304 g/mol. The van der Waals surface area contributed by atoms with Crippen molar-refractivity contribution in [2.75, 3.05) is 0 Å². The Morgan fingerprint density at radius 1 is 1.63 bits per heavy atom. The van der Waals surface area contributed by atoms with E-state index in [1.807, 2.05) is 6.20 Å². The van der Waals surface area contributed by atoms with Gasteiger partial charge in [0, 0.05) is 11.6 Å². The maximum Gasteiger partial charge on any atom is 0.338 e. The van der Waals surface area contributed by atoms with Crippen LogP contribution in [0.25, 0.3) is 4.85 Å². The molecule has 1 rings (SSSR count). The van der Waals surface area contributed by atoms with E-state index in [9.17, 15) is 5.26 Å². The highest BCUT2D eigenvalue weighted by Gasteiger charge is 2.37. The van der Waals surface area contributed by atoms with Crippen molar-refractivity contribution in [3.63, 3.8) is 0 Å². The Bertz CT molecular complexity index is 537. The Morgan fingerprint density at radius 3 is 2.63 bits per heavy atom. The SMILES string of the molecule is [C-]#[N+]C(C#N)(CC=C)Cn1cc(Br)c(C(C)(C)C)n1. The van der Waals surface area contributed by atoms with Crippen LogP contribution in [0.2, 0.25) is 0 Å². The lowest BCUT2D eigenvalue weighted by molar-refractivity contribution is 0.467. The molecule has 0 saturated carbocycles. The zero-order valence-electron chi connectivity index (χ0n) is 11.4. The number of hydrogen-bond acceptors (Lipinski definition) is 2. The minimum absolute atomic E-state index is 0.0874. The molecule has 0 N–H and O–H groups in total. The average Bonchev–Trinajstić information content (AvgIpc) is 2.69. The van der Waals surface area contributed by atoms with Crippen molar-refractivity contribution in [2.24, 2.45) is 0 Å². The number of rotatable bonds is 4. The molecule has 1 aromatic heterocycles. The van der Waals surface area contributed by atoms with Gasteiger partial charge in [0.2, 0.25) is 0 Å². The fourth-order valence-electron chi connectivity index (χ4n) is 1.74. The van der Waals surface area contributed by atoms with Crippen LogP contribution in [0.3, 0.4) is 0 Å². The van der Waals surface area contributed by atoms with Gasteiger partial charge in [-0.3, -0.25) is 9.53 Å². The van der Waals surface area contributed by atoms with Crippen molar-refractivity contribution >= 4 is 15.9 Å². The van der Waals surface area contributed by atoms with Gasteiger partial charge in [0.25, 0.3) is 0 Å². The Morgan fingerprint density at radius 2 is 2.26 bits per heavy atom. The largest absolute Gasteiger partial charge is 0.338 e. The van der Waals surface area contributed by atoms with Crippen LogP contribution in [0, 0.1) is 17.9 Å². The number of nitriles is 1. The Balaban J connectivity index is 3.11. The molecule has 0 saturated heterocycles. The van der Waals surface area contributed by atoms with Crippen molar-refractivity contribution in [3.05, 3.63) is 40.4 Å². The molecule has 0 spiro atoms. The lowest BCUT2D eigenvalue weighted by Gasteiger charge is -2.16. The van der Waals surface area contributed by atoms with Gasteiger partial charge >= 0.3 is 5.54 Å². The van der Waals surface area contributed by atoms with E-state index in [1.54, 1.807) is 10.8 Å². The lowest BCUT2D eigenvalue weighted by Crippen LogP contribution is -2.29. The summed E-state index contributed by atoms with van der Waals surface area (Å²) in [4.78, 5) is 3.47. The van der Waals surface area contributed by atoms with Gasteiger partial charge in [-0.05, 0) is 15.9 Å². The van der Waals surface area contributed by atoms with E-state index in [0.717, 1.165) is 10.2 Å². The summed E-state index contributed by atoms with van der Waals surface area (Å²) in [5, 5.41) is 13.7. The van der Waals surface area contributed by atoms with Gasteiger partial charge in [-0.1, -0.05) is 26.8 Å². The molecule has 1 atom stereocenters. The van der Waals surface area contributed by atoms with Gasteiger partial charge in [0.15, 0.2) is 6.07 Å². The maximum atomic E-state index is 9.24. The molecule has 0 radical (unpaired) electrons. The molecule has 0 aliphatic heterocycles. The third-order valence-corrected chi connectivity index (χ3v) is 3.34. The molecule has 100 valence electrons. The first kappa shape index (κ1) is 15.5. The molecule has 0 aliphatic carbocycles. The van der Waals surface area contributed by atoms with Crippen LogP contribution in [0.4, 0.5) is 0 Å². The maximum absolute atomic E-state index is 9.24. The smallest absolute Gasteiger partial charge is 0.292 e. The zero-order chi connectivity index (χ0) is 14.7. The molecule has 0 aliphatic rings. The van der Waals surface area contributed by atoms with E-state index < -0.39 is 5.54 Å². The normalized spacial score (nSPS) is 14.2. The van der Waals surface area contributed by atoms with Crippen LogP contribution >= 0.6 is 15.9 Å². The second kappa shape index (κ2) is 5.59. The van der Waals surface area contributed by atoms with Crippen molar-refractivity contribution in [3.8, 4) is 6.07 Å². The number of nitrogens with zero attached hydrogens (tertiary/aromatic N) is 4. The molecule has 0 bridgehead atoms. The van der Waals surface area contributed by atoms with E-state index in [4.69, 9.17) is 6.57 Å². The summed E-state index contributed by atoms with van der Waals surface area (Å²) in [6.45, 7) is 17.3. The highest BCUT2D eigenvalue weighted by atomic mass is 79.9. The van der Waals surface area contributed by atoms with Gasteiger partial charge < -0.3 is 0 Å². The van der Waals surface area contributed by atoms with Crippen molar-refractivity contribution in [2.45, 2.75) is 44.7 Å². The minimum Gasteiger partial charge on any atom is -0.292 e. The Labute approximate surface area is 122 Å². The summed E-state index contributed by atoms with van der Waals surface area (Å²) in [7, 11) is 0. The van der Waals surface area contributed by atoms with Crippen LogP contribution in [-0.4, -0.2) is 15.3 Å². The Kier molecular flexibility index (Phi) is 4.55. The van der Waals surface area contributed by atoms with Gasteiger partial charge in [-0.25, -0.2) is 6.57 Å². The highest BCUT2D eigenvalue weighted by molar-refractivity contribution is 9.10. The van der Waals surface area contributed by atoms with Crippen LogP contribution in [-0.2, 0) is 12.0 Å². The first-order valence-electron chi connectivity index (χ1n) is 5.92. The van der Waals surface area contributed by atoms with E-state index >= 15 is 0 Å². The number of aromatic nitrogens is 2. The topological polar surface area (TPSA) is 46.0 Å². The average molecular weight is 321 g/mol. The van der Waals surface area contributed by atoms with Crippen LogP contribution in [0.5, 0.6) is 0 Å². The second-order valence-electron chi connectivity index (χ2n) is 5.52. The molecule has 0 aromatic carbocycles. The van der Waals surface area contributed by atoms with Gasteiger partial charge in [0.1, 0.15) is 6.54 Å². The quantitative estimate of drug-likeness (QED) is 0.627. The molecule has 19 heavy (non-hydrogen) atoms. The summed E-state index contributed by atoms with van der Waals surface area (Å²) in [6.07, 6.45) is 3.75. The second-order valence-corrected chi connectivity index (χ2v) is 6.38. The van der Waals surface area contributed by atoms with Crippen LogP contribution in [0.1, 0.15) is 32.9 Å². The molecule has 4 nitrogen and oxygen atoms in total. The zero-order valence-corrected chi connectivity index (χ0v) is 13.0. The fourth-order valence-corrected chi connectivity index (χ4v) is 2.66. The van der Waals surface area contributed by atoms with Gasteiger partial charge in [0.05, 0.1) is 16.6 Å². The molecule has 1 unspecified atom stereocenters. The monoisotopic (exact) mass is 320 g/mol. The predicted octanol–water partition coefficient (Wildman–Crippen LogP) is 3.70. The van der Waals surface area contributed by atoms with Crippen LogP contribution < -0.4 is 0 Å². The summed E-state index contributed by atoms with van der Waals surface area (Å²) in [5.74, 6) is 0. The first-order valence-corrected chi connectivity index (χ1v) is 6.71. The molecular formula is C14H17BrN4. The number of halogens is 1. The summed E-state index contributed by atoms with van der Waals surface area (Å²) in [6, 6.07) is 2.08. The molecule has 0 fully saturated rings. The third kappa shape index (κ3) is 3.45. The number of hydrogen-bond donors (Lipinski definition) is 0. The minimum atomic E-state index is -1.12. The standard InChI is InChI=1S/C14H17BrN4/c1-6-7-14(9-16,17-5)10-19-8-11(15)12(18-19)13(2,3)4/h6,8H,1,7,10H2,2-4H3. The van der Waals surface area contributed by atoms with Crippen LogP contribution in [0.15, 0.2) is 23.3 Å². The van der Waals surface area contributed by atoms with Crippen molar-refractivity contribution < 1.29 is 0 Å². The molecule has 5 heteroatoms. The van der Waals surface area contributed by atoms with E-state index in [1.165, 1.54) is 0 Å². The molecule has 0 amide bonds. The molecule has 1 aromatic rings. The fraction of sp³-hybridized carbons (Fsp3) is 0.500. The lowest BCUT2D eigenvalue weighted by atomic mass is 9.93. The van der Waals surface area contributed by atoms with Crippen molar-refractivity contribution in [1.29, 1.82) is 5.26 Å². The summed E-state index contributed by atoms with van der Waals surface area (Å²) < 4.78 is 2.56. The van der Waals surface area contributed by atoms with E-state index in [-0.39, 0.29) is 12.0 Å². The molecule has 1 heterocycles. The van der Waals surface area contributed by atoms with E-state index in [2.05, 4.69) is 59.3 Å². The Hall–Kier alpha value is -1.59. The summed E-state index contributed by atoms with van der Waals surface area (Å²) in [5.41, 5.74) is -0.291. The van der Waals surface area contributed by atoms with Gasteiger partial charge in [-0.2, -0.15) is 10.4 Å². The third-order valence-electron chi connectivity index (χ3n) is 2.76. The highest BCUT2D eigenvalue weighted by Crippen LogP contribution is 2.29. The first-order chi connectivity index (χ1) is 8.78. The van der Waals surface area contributed by atoms with E-state index in [0.29, 0.717) is 6.42 Å². The predicted molar refractivity (Wildman–Crippen MR) is 78.4 cm³/mol. The van der Waals surface area contributed by atoms with Gasteiger partial charge in [-0.15, -0.1) is 6.58 Å². The van der Waals surface area contributed by atoms with Crippen molar-refractivity contribution in [1.82, 2.24) is 9.78 Å².